The lowest BCUT2D eigenvalue weighted by molar-refractivity contribution is 0.463. The second-order valence-corrected chi connectivity index (χ2v) is 7.78. The molecule has 0 aliphatic carbocycles. The molecule has 3 aromatic heterocycles. The van der Waals surface area contributed by atoms with Gasteiger partial charge in [-0.15, -0.1) is 22.7 Å². The summed E-state index contributed by atoms with van der Waals surface area (Å²) in [5, 5.41) is 8.72. The van der Waals surface area contributed by atoms with Crippen molar-refractivity contribution in [2.45, 2.75) is 26.4 Å². The third kappa shape index (κ3) is 5.44. The van der Waals surface area contributed by atoms with Crippen LogP contribution in [-0.2, 0) is 19.5 Å². The molecule has 3 aromatic rings. The van der Waals surface area contributed by atoms with Crippen molar-refractivity contribution in [1.82, 2.24) is 15.2 Å². The first-order valence-electron chi connectivity index (χ1n) is 8.16. The van der Waals surface area contributed by atoms with E-state index in [4.69, 9.17) is 9.41 Å². The first-order chi connectivity index (χ1) is 12.2. The number of furan rings is 1. The highest BCUT2D eigenvalue weighted by Crippen LogP contribution is 2.12. The van der Waals surface area contributed by atoms with E-state index in [0.29, 0.717) is 6.54 Å². The molecule has 132 valence electrons. The van der Waals surface area contributed by atoms with Gasteiger partial charge in [0.15, 0.2) is 5.96 Å². The summed E-state index contributed by atoms with van der Waals surface area (Å²) in [6, 6.07) is 8.07. The molecule has 0 saturated carbocycles. The number of hydrogen-bond donors (Lipinski definition) is 1. The van der Waals surface area contributed by atoms with Crippen LogP contribution in [0.15, 0.2) is 50.7 Å². The molecule has 5 nitrogen and oxygen atoms in total. The van der Waals surface area contributed by atoms with Crippen LogP contribution in [-0.4, -0.2) is 29.4 Å². The van der Waals surface area contributed by atoms with Crippen molar-refractivity contribution in [1.29, 1.82) is 0 Å². The smallest absolute Gasteiger partial charge is 0.194 e. The summed E-state index contributed by atoms with van der Waals surface area (Å²) < 4.78 is 5.39. The van der Waals surface area contributed by atoms with Crippen LogP contribution >= 0.6 is 22.7 Å². The molecule has 0 aromatic carbocycles. The zero-order valence-corrected chi connectivity index (χ0v) is 16.1. The molecule has 0 aliphatic heterocycles. The number of guanidine groups is 1. The van der Waals surface area contributed by atoms with Crippen LogP contribution in [0.5, 0.6) is 0 Å². The zero-order chi connectivity index (χ0) is 17.5. The standard InChI is InChI=1S/C18H22N4OS2/c1-14-21-15(13-25-14)12-22(2)18(20-11-17-6-4-10-24-17)19-8-7-16-5-3-9-23-16/h3-6,9-10,13H,7-8,11-12H2,1-2H3,(H,19,20). The van der Waals surface area contributed by atoms with Gasteiger partial charge in [-0.1, -0.05) is 6.07 Å². The molecule has 1 N–H and O–H groups in total. The minimum atomic E-state index is 0.682. The van der Waals surface area contributed by atoms with Crippen molar-refractivity contribution >= 4 is 28.6 Å². The fourth-order valence-electron chi connectivity index (χ4n) is 2.42. The molecule has 0 fully saturated rings. The predicted molar refractivity (Wildman–Crippen MR) is 104 cm³/mol. The van der Waals surface area contributed by atoms with Gasteiger partial charge in [0.1, 0.15) is 5.76 Å². The number of aryl methyl sites for hydroxylation is 1. The largest absolute Gasteiger partial charge is 0.469 e. The van der Waals surface area contributed by atoms with Crippen LogP contribution in [0.2, 0.25) is 0 Å². The van der Waals surface area contributed by atoms with Crippen molar-refractivity contribution in [2.24, 2.45) is 4.99 Å². The molecule has 0 unspecified atom stereocenters. The molecule has 0 aliphatic rings. The van der Waals surface area contributed by atoms with Gasteiger partial charge in [-0.2, -0.15) is 0 Å². The fourth-order valence-corrected chi connectivity index (χ4v) is 3.65. The SMILES string of the molecule is Cc1nc(CN(C)C(=NCc2cccs2)NCCc2ccco2)cs1. The molecule has 25 heavy (non-hydrogen) atoms. The molecule has 7 heteroatoms. The van der Waals surface area contributed by atoms with Gasteiger partial charge in [0.25, 0.3) is 0 Å². The van der Waals surface area contributed by atoms with Crippen molar-refractivity contribution in [2.75, 3.05) is 13.6 Å². The summed E-state index contributed by atoms with van der Waals surface area (Å²) in [7, 11) is 2.04. The summed E-state index contributed by atoms with van der Waals surface area (Å²) in [5.41, 5.74) is 1.07. The van der Waals surface area contributed by atoms with Gasteiger partial charge in [0, 0.05) is 30.3 Å². The predicted octanol–water partition coefficient (Wildman–Crippen LogP) is 3.93. The summed E-state index contributed by atoms with van der Waals surface area (Å²) in [5.74, 6) is 1.86. The van der Waals surface area contributed by atoms with Crippen molar-refractivity contribution in [3.63, 3.8) is 0 Å². The van der Waals surface area contributed by atoms with E-state index < -0.39 is 0 Å². The molecule has 0 atom stereocenters. The van der Waals surface area contributed by atoms with Crippen LogP contribution < -0.4 is 5.32 Å². The van der Waals surface area contributed by atoms with E-state index in [-0.39, 0.29) is 0 Å². The Labute approximate surface area is 156 Å². The van der Waals surface area contributed by atoms with Gasteiger partial charge in [-0.3, -0.25) is 0 Å². The molecule has 0 amide bonds. The summed E-state index contributed by atoms with van der Waals surface area (Å²) in [6.45, 7) is 4.22. The normalized spacial score (nSPS) is 11.7. The number of nitrogens with one attached hydrogen (secondary N) is 1. The average molecular weight is 375 g/mol. The van der Waals surface area contributed by atoms with E-state index in [9.17, 15) is 0 Å². The highest BCUT2D eigenvalue weighted by Gasteiger charge is 2.10. The Hall–Kier alpha value is -2.12. The van der Waals surface area contributed by atoms with Gasteiger partial charge >= 0.3 is 0 Å². The Morgan fingerprint density at radius 3 is 2.92 bits per heavy atom. The summed E-state index contributed by atoms with van der Waals surface area (Å²) in [4.78, 5) is 12.7. The Morgan fingerprint density at radius 1 is 1.32 bits per heavy atom. The molecule has 0 bridgehead atoms. The molecular formula is C18H22N4OS2. The maximum atomic E-state index is 5.39. The van der Waals surface area contributed by atoms with Crippen molar-refractivity contribution in [3.05, 3.63) is 62.6 Å². The van der Waals surface area contributed by atoms with E-state index in [0.717, 1.165) is 41.9 Å². The number of nitrogens with zero attached hydrogens (tertiary/aromatic N) is 3. The van der Waals surface area contributed by atoms with Crippen LogP contribution in [0.25, 0.3) is 0 Å². The molecule has 0 saturated heterocycles. The monoisotopic (exact) mass is 374 g/mol. The quantitative estimate of drug-likeness (QED) is 0.503. The Morgan fingerprint density at radius 2 is 2.24 bits per heavy atom. The third-order valence-corrected chi connectivity index (χ3v) is 5.31. The van der Waals surface area contributed by atoms with E-state index in [1.165, 1.54) is 4.88 Å². The highest BCUT2D eigenvalue weighted by molar-refractivity contribution is 7.10. The molecule has 0 radical (unpaired) electrons. The number of thiophene rings is 1. The second-order valence-electron chi connectivity index (χ2n) is 5.69. The fraction of sp³-hybridized carbons (Fsp3) is 0.333. The zero-order valence-electron chi connectivity index (χ0n) is 14.4. The van der Waals surface area contributed by atoms with Gasteiger partial charge in [0.05, 0.1) is 30.1 Å². The molecular weight excluding hydrogens is 352 g/mol. The average Bonchev–Trinajstić information content (AvgIpc) is 3.34. The first kappa shape index (κ1) is 17.7. The number of aliphatic imine (C=N–C) groups is 1. The summed E-state index contributed by atoms with van der Waals surface area (Å²) >= 11 is 3.40. The number of rotatable bonds is 7. The van der Waals surface area contributed by atoms with E-state index in [1.54, 1.807) is 28.9 Å². The number of thiazole rings is 1. The van der Waals surface area contributed by atoms with Crippen LogP contribution in [0.1, 0.15) is 21.3 Å². The third-order valence-electron chi connectivity index (χ3n) is 3.63. The summed E-state index contributed by atoms with van der Waals surface area (Å²) in [6.07, 6.45) is 2.53. The van der Waals surface area contributed by atoms with Gasteiger partial charge in [0.2, 0.25) is 0 Å². The number of hydrogen-bond acceptors (Lipinski definition) is 5. The van der Waals surface area contributed by atoms with E-state index in [2.05, 4.69) is 38.1 Å². The van der Waals surface area contributed by atoms with Crippen LogP contribution in [0.3, 0.4) is 0 Å². The Kier molecular flexibility index (Phi) is 6.25. The molecule has 3 rings (SSSR count). The lowest BCUT2D eigenvalue weighted by Gasteiger charge is -2.21. The molecule has 3 heterocycles. The van der Waals surface area contributed by atoms with Crippen LogP contribution in [0.4, 0.5) is 0 Å². The van der Waals surface area contributed by atoms with Crippen molar-refractivity contribution < 1.29 is 4.42 Å². The molecule has 0 spiro atoms. The van der Waals surface area contributed by atoms with E-state index in [1.807, 2.05) is 26.1 Å². The minimum absolute atomic E-state index is 0.682. The van der Waals surface area contributed by atoms with Gasteiger partial charge in [-0.05, 0) is 30.5 Å². The minimum Gasteiger partial charge on any atom is -0.469 e. The van der Waals surface area contributed by atoms with Crippen molar-refractivity contribution in [3.8, 4) is 0 Å². The highest BCUT2D eigenvalue weighted by atomic mass is 32.1. The lowest BCUT2D eigenvalue weighted by atomic mass is 10.3. The first-order valence-corrected chi connectivity index (χ1v) is 9.92. The van der Waals surface area contributed by atoms with Gasteiger partial charge < -0.3 is 14.6 Å². The lowest BCUT2D eigenvalue weighted by Crippen LogP contribution is -2.39. The number of aromatic nitrogens is 1. The second kappa shape index (κ2) is 8.82. The van der Waals surface area contributed by atoms with Gasteiger partial charge in [-0.25, -0.2) is 9.98 Å². The van der Waals surface area contributed by atoms with E-state index >= 15 is 0 Å². The van der Waals surface area contributed by atoms with Crippen LogP contribution in [0, 0.1) is 6.92 Å². The Bertz CT molecular complexity index is 778. The topological polar surface area (TPSA) is 53.7 Å². The maximum Gasteiger partial charge on any atom is 0.194 e. The Balaban J connectivity index is 1.62. The maximum absolute atomic E-state index is 5.39.